The van der Waals surface area contributed by atoms with Crippen LogP contribution in [0.15, 0.2) is 24.3 Å². The molecule has 5 heteroatoms. The summed E-state index contributed by atoms with van der Waals surface area (Å²) in [5.74, 6) is 0.744. The maximum Gasteiger partial charge on any atom is 0.257 e. The standard InChI is InChI=1S/C14H20N2O2.ClH/c1-15(2)9-8-11-10-16(3)14(17)12-6-4-5-7-13(12)18-11;/h4-7,11H,8-10H2,1-3H3;1H. The highest BCUT2D eigenvalue weighted by molar-refractivity contribution is 5.97. The molecule has 1 heterocycles. The normalized spacial score (nSPS) is 18.4. The number of halogens is 1. The summed E-state index contributed by atoms with van der Waals surface area (Å²) in [4.78, 5) is 16.0. The molecule has 106 valence electrons. The molecule has 1 aromatic rings. The van der Waals surface area contributed by atoms with E-state index in [9.17, 15) is 4.79 Å². The van der Waals surface area contributed by atoms with Gasteiger partial charge in [-0.1, -0.05) is 12.1 Å². The van der Waals surface area contributed by atoms with Crippen molar-refractivity contribution in [2.45, 2.75) is 12.5 Å². The fourth-order valence-electron chi connectivity index (χ4n) is 2.11. The quantitative estimate of drug-likeness (QED) is 0.850. The lowest BCUT2D eigenvalue weighted by Crippen LogP contribution is -2.35. The third-order valence-corrected chi connectivity index (χ3v) is 3.13. The highest BCUT2D eigenvalue weighted by Crippen LogP contribution is 2.24. The van der Waals surface area contributed by atoms with Crippen molar-refractivity contribution in [1.82, 2.24) is 9.80 Å². The van der Waals surface area contributed by atoms with Gasteiger partial charge in [-0.25, -0.2) is 0 Å². The van der Waals surface area contributed by atoms with E-state index in [2.05, 4.69) is 4.90 Å². The molecule has 0 saturated carbocycles. The Bertz CT molecular complexity index is 437. The van der Waals surface area contributed by atoms with Crippen LogP contribution < -0.4 is 4.74 Å². The van der Waals surface area contributed by atoms with Crippen molar-refractivity contribution in [3.8, 4) is 5.75 Å². The molecule has 4 nitrogen and oxygen atoms in total. The van der Waals surface area contributed by atoms with Gasteiger partial charge < -0.3 is 14.5 Å². The third-order valence-electron chi connectivity index (χ3n) is 3.13. The summed E-state index contributed by atoms with van der Waals surface area (Å²) in [5, 5.41) is 0. The lowest BCUT2D eigenvalue weighted by atomic mass is 10.2. The van der Waals surface area contributed by atoms with Crippen molar-refractivity contribution in [2.24, 2.45) is 0 Å². The molecule has 1 aliphatic rings. The average Bonchev–Trinajstić information content (AvgIpc) is 2.46. The van der Waals surface area contributed by atoms with Crippen LogP contribution in [-0.2, 0) is 0 Å². The van der Waals surface area contributed by atoms with Gasteiger partial charge in [-0.15, -0.1) is 12.4 Å². The number of hydrogen-bond donors (Lipinski definition) is 0. The second-order valence-corrected chi connectivity index (χ2v) is 5.01. The number of likely N-dealkylation sites (N-methyl/N-ethyl adjacent to an activating group) is 1. The Labute approximate surface area is 120 Å². The van der Waals surface area contributed by atoms with Gasteiger partial charge in [0.05, 0.1) is 12.1 Å². The first-order valence-corrected chi connectivity index (χ1v) is 6.24. The number of para-hydroxylation sites is 1. The molecular weight excluding hydrogens is 264 g/mol. The zero-order chi connectivity index (χ0) is 13.1. The predicted molar refractivity (Wildman–Crippen MR) is 78.2 cm³/mol. The summed E-state index contributed by atoms with van der Waals surface area (Å²) in [5.41, 5.74) is 0.660. The van der Waals surface area contributed by atoms with Crippen molar-refractivity contribution < 1.29 is 9.53 Å². The lowest BCUT2D eigenvalue weighted by Gasteiger charge is -2.22. The van der Waals surface area contributed by atoms with Gasteiger partial charge in [0.25, 0.3) is 5.91 Å². The van der Waals surface area contributed by atoms with Crippen LogP contribution in [0.1, 0.15) is 16.8 Å². The average molecular weight is 285 g/mol. The number of carbonyl (C=O) groups is 1. The summed E-state index contributed by atoms with van der Waals surface area (Å²) in [6, 6.07) is 7.46. The van der Waals surface area contributed by atoms with Crippen molar-refractivity contribution >= 4 is 18.3 Å². The Kier molecular flexibility index (Phi) is 5.63. The Morgan fingerprint density at radius 1 is 1.37 bits per heavy atom. The van der Waals surface area contributed by atoms with E-state index in [1.54, 1.807) is 4.90 Å². The first kappa shape index (κ1) is 15.8. The number of carbonyl (C=O) groups excluding carboxylic acids is 1. The maximum atomic E-state index is 12.2. The van der Waals surface area contributed by atoms with E-state index < -0.39 is 0 Å². The summed E-state index contributed by atoms with van der Waals surface area (Å²) < 4.78 is 5.96. The number of nitrogens with zero attached hydrogens (tertiary/aromatic N) is 2. The number of ether oxygens (including phenoxy) is 1. The molecule has 0 radical (unpaired) electrons. The number of hydrogen-bond acceptors (Lipinski definition) is 3. The van der Waals surface area contributed by atoms with E-state index >= 15 is 0 Å². The van der Waals surface area contributed by atoms with Crippen LogP contribution in [0.2, 0.25) is 0 Å². The molecule has 1 amide bonds. The van der Waals surface area contributed by atoms with Crippen molar-refractivity contribution in [1.29, 1.82) is 0 Å². The monoisotopic (exact) mass is 284 g/mol. The van der Waals surface area contributed by atoms with Gasteiger partial charge in [0.1, 0.15) is 11.9 Å². The highest BCUT2D eigenvalue weighted by atomic mass is 35.5. The van der Waals surface area contributed by atoms with Crippen LogP contribution in [0.5, 0.6) is 5.75 Å². The molecule has 0 fully saturated rings. The molecular formula is C14H21ClN2O2. The zero-order valence-corrected chi connectivity index (χ0v) is 12.4. The van der Waals surface area contributed by atoms with Crippen molar-refractivity contribution in [2.75, 3.05) is 34.2 Å². The largest absolute Gasteiger partial charge is 0.488 e. The smallest absolute Gasteiger partial charge is 0.257 e. The molecule has 19 heavy (non-hydrogen) atoms. The number of fused-ring (bicyclic) bond motifs is 1. The number of rotatable bonds is 3. The molecule has 0 N–H and O–H groups in total. The van der Waals surface area contributed by atoms with Gasteiger partial charge in [-0.3, -0.25) is 4.79 Å². The van der Waals surface area contributed by atoms with Gasteiger partial charge in [0.15, 0.2) is 0 Å². The molecule has 0 saturated heterocycles. The van der Waals surface area contributed by atoms with Gasteiger partial charge in [0, 0.05) is 13.6 Å². The Morgan fingerprint density at radius 2 is 2.05 bits per heavy atom. The predicted octanol–water partition coefficient (Wildman–Crippen LogP) is 1.89. The maximum absolute atomic E-state index is 12.2. The molecule has 1 atom stereocenters. The minimum Gasteiger partial charge on any atom is -0.488 e. The van der Waals surface area contributed by atoms with Crippen LogP contribution in [0.3, 0.4) is 0 Å². The fraction of sp³-hybridized carbons (Fsp3) is 0.500. The van der Waals surface area contributed by atoms with E-state index in [0.717, 1.165) is 13.0 Å². The summed E-state index contributed by atoms with van der Waals surface area (Å²) >= 11 is 0. The van der Waals surface area contributed by atoms with E-state index in [0.29, 0.717) is 17.9 Å². The van der Waals surface area contributed by atoms with Gasteiger partial charge >= 0.3 is 0 Å². The van der Waals surface area contributed by atoms with E-state index in [1.165, 1.54) is 0 Å². The third kappa shape index (κ3) is 3.85. The van der Waals surface area contributed by atoms with Crippen molar-refractivity contribution in [3.63, 3.8) is 0 Å². The van der Waals surface area contributed by atoms with Crippen LogP contribution in [-0.4, -0.2) is 56.0 Å². The first-order chi connectivity index (χ1) is 8.58. The second kappa shape index (κ2) is 6.78. The molecule has 0 bridgehead atoms. The molecule has 1 aliphatic heterocycles. The second-order valence-electron chi connectivity index (χ2n) is 5.01. The minimum absolute atomic E-state index is 0. The van der Waals surface area contributed by atoms with Crippen LogP contribution >= 0.6 is 12.4 Å². The molecule has 1 aromatic carbocycles. The van der Waals surface area contributed by atoms with Crippen LogP contribution in [0.4, 0.5) is 0 Å². The van der Waals surface area contributed by atoms with E-state index in [-0.39, 0.29) is 24.4 Å². The Balaban J connectivity index is 0.00000180. The number of amides is 1. The van der Waals surface area contributed by atoms with Gasteiger partial charge in [0.2, 0.25) is 0 Å². The van der Waals surface area contributed by atoms with Crippen LogP contribution in [0.25, 0.3) is 0 Å². The zero-order valence-electron chi connectivity index (χ0n) is 11.6. The van der Waals surface area contributed by atoms with E-state index in [4.69, 9.17) is 4.74 Å². The molecule has 0 spiro atoms. The fourth-order valence-corrected chi connectivity index (χ4v) is 2.11. The van der Waals surface area contributed by atoms with Gasteiger partial charge in [-0.2, -0.15) is 0 Å². The molecule has 2 rings (SSSR count). The van der Waals surface area contributed by atoms with E-state index in [1.807, 2.05) is 45.4 Å². The molecule has 1 unspecified atom stereocenters. The molecule has 0 aliphatic carbocycles. The summed E-state index contributed by atoms with van der Waals surface area (Å²) in [6.07, 6.45) is 0.976. The Hall–Kier alpha value is -1.26. The number of benzene rings is 1. The minimum atomic E-state index is 0. The van der Waals surface area contributed by atoms with Crippen molar-refractivity contribution in [3.05, 3.63) is 29.8 Å². The molecule has 0 aromatic heterocycles. The van der Waals surface area contributed by atoms with Gasteiger partial charge in [-0.05, 0) is 32.6 Å². The Morgan fingerprint density at radius 3 is 2.74 bits per heavy atom. The van der Waals surface area contributed by atoms with Crippen LogP contribution in [0, 0.1) is 0 Å². The summed E-state index contributed by atoms with van der Waals surface area (Å²) in [6.45, 7) is 1.59. The highest BCUT2D eigenvalue weighted by Gasteiger charge is 2.26. The lowest BCUT2D eigenvalue weighted by molar-refractivity contribution is 0.0750. The summed E-state index contributed by atoms with van der Waals surface area (Å²) in [7, 11) is 5.91. The SMILES string of the molecule is CN(C)CCC1CN(C)C(=O)c2ccccc2O1.Cl. The first-order valence-electron chi connectivity index (χ1n) is 6.24. The topological polar surface area (TPSA) is 32.8 Å².